The minimum atomic E-state index is -0.289. The molecular weight excluding hydrogens is 358 g/mol. The molecule has 1 aliphatic heterocycles. The van der Waals surface area contributed by atoms with Crippen LogP contribution in [0.1, 0.15) is 5.82 Å². The summed E-state index contributed by atoms with van der Waals surface area (Å²) in [5, 5.41) is 5.98. The highest BCUT2D eigenvalue weighted by atomic mass is 35.5. The monoisotopic (exact) mass is 378 g/mol. The Morgan fingerprint density at radius 3 is 3.00 bits per heavy atom. The van der Waals surface area contributed by atoms with Crippen molar-refractivity contribution in [3.63, 3.8) is 0 Å². The molecule has 2 N–H and O–H groups in total. The number of carbonyl (C=O) groups is 1. The zero-order valence-corrected chi connectivity index (χ0v) is 14.9. The fourth-order valence-corrected chi connectivity index (χ4v) is 2.59. The molecule has 1 fully saturated rings. The standard InChI is InChI=1S/C15H19FN4O2.2ClH/c1-20-13-8-10(16)2-3-11(13)19-14(20)4-5-18-15(21)12-9-22-7-6-17-12;;/h2-3,8,12,17H,4-7,9H2,1H3,(H,18,21);2*1H. The molecule has 1 aromatic carbocycles. The van der Waals surface area contributed by atoms with Gasteiger partial charge in [-0.15, -0.1) is 24.8 Å². The van der Waals surface area contributed by atoms with Crippen LogP contribution in [0.4, 0.5) is 4.39 Å². The molecule has 0 aliphatic carbocycles. The molecule has 134 valence electrons. The smallest absolute Gasteiger partial charge is 0.239 e. The van der Waals surface area contributed by atoms with Crippen LogP contribution in [0.15, 0.2) is 18.2 Å². The predicted octanol–water partition coefficient (Wildman–Crippen LogP) is 1.20. The number of benzene rings is 1. The molecule has 1 saturated heterocycles. The van der Waals surface area contributed by atoms with Gasteiger partial charge in [0, 0.05) is 26.6 Å². The summed E-state index contributed by atoms with van der Waals surface area (Å²) in [5.41, 5.74) is 1.51. The molecule has 9 heteroatoms. The van der Waals surface area contributed by atoms with Crippen molar-refractivity contribution in [1.29, 1.82) is 0 Å². The van der Waals surface area contributed by atoms with Gasteiger partial charge in [-0.2, -0.15) is 0 Å². The van der Waals surface area contributed by atoms with Crippen molar-refractivity contribution < 1.29 is 13.9 Å². The number of imidazole rings is 1. The minimum Gasteiger partial charge on any atom is -0.378 e. The molecule has 1 amide bonds. The zero-order chi connectivity index (χ0) is 15.5. The number of nitrogens with zero attached hydrogens (tertiary/aromatic N) is 2. The number of aromatic nitrogens is 2. The van der Waals surface area contributed by atoms with Crippen LogP contribution in [0.2, 0.25) is 0 Å². The normalized spacial score (nSPS) is 17.0. The van der Waals surface area contributed by atoms with Crippen molar-refractivity contribution >= 4 is 41.8 Å². The van der Waals surface area contributed by atoms with Gasteiger partial charge in [0.2, 0.25) is 5.91 Å². The third-order valence-electron chi connectivity index (χ3n) is 3.82. The van der Waals surface area contributed by atoms with Crippen molar-refractivity contribution in [2.24, 2.45) is 7.05 Å². The molecule has 0 saturated carbocycles. The number of halogens is 3. The molecule has 1 aliphatic rings. The first-order chi connectivity index (χ1) is 10.6. The summed E-state index contributed by atoms with van der Waals surface area (Å²) in [6.07, 6.45) is 0.589. The second kappa shape index (κ2) is 9.17. The topological polar surface area (TPSA) is 68.2 Å². The van der Waals surface area contributed by atoms with Gasteiger partial charge in [-0.1, -0.05) is 0 Å². The fourth-order valence-electron chi connectivity index (χ4n) is 2.59. The van der Waals surface area contributed by atoms with E-state index < -0.39 is 0 Å². The Bertz CT molecular complexity index is 689. The van der Waals surface area contributed by atoms with Crippen LogP contribution in [-0.2, 0) is 23.0 Å². The SMILES string of the molecule is Cl.Cl.Cn1c(CCNC(=O)C2COCCN2)nc2ccc(F)cc21. The van der Waals surface area contributed by atoms with Gasteiger partial charge in [0.25, 0.3) is 0 Å². The zero-order valence-electron chi connectivity index (χ0n) is 13.3. The van der Waals surface area contributed by atoms with Crippen molar-refractivity contribution in [2.45, 2.75) is 12.5 Å². The number of rotatable bonds is 4. The first-order valence-corrected chi connectivity index (χ1v) is 7.35. The van der Waals surface area contributed by atoms with Gasteiger partial charge < -0.3 is 19.9 Å². The van der Waals surface area contributed by atoms with Crippen LogP contribution in [0.5, 0.6) is 0 Å². The van der Waals surface area contributed by atoms with E-state index in [0.29, 0.717) is 32.7 Å². The second-order valence-electron chi connectivity index (χ2n) is 5.34. The average Bonchev–Trinajstić information content (AvgIpc) is 2.84. The minimum absolute atomic E-state index is 0. The largest absolute Gasteiger partial charge is 0.378 e. The molecule has 1 atom stereocenters. The van der Waals surface area contributed by atoms with Gasteiger partial charge in [0.05, 0.1) is 24.2 Å². The highest BCUT2D eigenvalue weighted by molar-refractivity contribution is 5.85. The van der Waals surface area contributed by atoms with Crippen molar-refractivity contribution in [2.75, 3.05) is 26.3 Å². The molecular formula is C15H21Cl2FN4O2. The highest BCUT2D eigenvalue weighted by Crippen LogP contribution is 2.16. The van der Waals surface area contributed by atoms with Crippen molar-refractivity contribution in [1.82, 2.24) is 20.2 Å². The van der Waals surface area contributed by atoms with E-state index in [1.807, 2.05) is 11.6 Å². The van der Waals surface area contributed by atoms with E-state index in [1.165, 1.54) is 12.1 Å². The van der Waals surface area contributed by atoms with E-state index in [2.05, 4.69) is 15.6 Å². The lowest BCUT2D eigenvalue weighted by atomic mass is 10.2. The number of nitrogens with one attached hydrogen (secondary N) is 2. The lowest BCUT2D eigenvalue weighted by Gasteiger charge is -2.22. The number of ether oxygens (including phenoxy) is 1. The number of carbonyl (C=O) groups excluding carboxylic acids is 1. The molecule has 24 heavy (non-hydrogen) atoms. The Balaban J connectivity index is 0.00000144. The molecule has 0 bridgehead atoms. The van der Waals surface area contributed by atoms with Crippen LogP contribution in [0, 0.1) is 5.82 Å². The van der Waals surface area contributed by atoms with Gasteiger partial charge in [-0.3, -0.25) is 4.79 Å². The maximum absolute atomic E-state index is 13.3. The van der Waals surface area contributed by atoms with Gasteiger partial charge >= 0.3 is 0 Å². The predicted molar refractivity (Wildman–Crippen MR) is 94.5 cm³/mol. The third-order valence-corrected chi connectivity index (χ3v) is 3.82. The number of amides is 1. The lowest BCUT2D eigenvalue weighted by Crippen LogP contribution is -2.51. The van der Waals surface area contributed by atoms with Gasteiger partial charge in [0.1, 0.15) is 17.7 Å². The number of hydrogen-bond acceptors (Lipinski definition) is 4. The van der Waals surface area contributed by atoms with Gasteiger partial charge in [-0.25, -0.2) is 9.37 Å². The highest BCUT2D eigenvalue weighted by Gasteiger charge is 2.20. The molecule has 0 spiro atoms. The molecule has 3 rings (SSSR count). The van der Waals surface area contributed by atoms with Gasteiger partial charge in [-0.05, 0) is 18.2 Å². The molecule has 2 aromatic rings. The maximum atomic E-state index is 13.3. The third kappa shape index (κ3) is 4.57. The molecule has 6 nitrogen and oxygen atoms in total. The maximum Gasteiger partial charge on any atom is 0.239 e. The summed E-state index contributed by atoms with van der Waals surface area (Å²) in [7, 11) is 1.85. The Morgan fingerprint density at radius 2 is 2.29 bits per heavy atom. The second-order valence-corrected chi connectivity index (χ2v) is 5.34. The van der Waals surface area contributed by atoms with E-state index in [1.54, 1.807) is 6.07 Å². The van der Waals surface area contributed by atoms with E-state index >= 15 is 0 Å². The van der Waals surface area contributed by atoms with Crippen LogP contribution in [0.25, 0.3) is 11.0 Å². The number of hydrogen-bond donors (Lipinski definition) is 2. The van der Waals surface area contributed by atoms with Crippen LogP contribution in [-0.4, -0.2) is 47.8 Å². The Kier molecular flexibility index (Phi) is 7.89. The summed E-state index contributed by atoms with van der Waals surface area (Å²) in [5.74, 6) is 0.469. The van der Waals surface area contributed by atoms with Crippen LogP contribution < -0.4 is 10.6 Å². The summed E-state index contributed by atoms with van der Waals surface area (Å²) in [6.45, 7) is 2.21. The van der Waals surface area contributed by atoms with Crippen LogP contribution in [0.3, 0.4) is 0 Å². The Morgan fingerprint density at radius 1 is 1.50 bits per heavy atom. The lowest BCUT2D eigenvalue weighted by molar-refractivity contribution is -0.125. The number of fused-ring (bicyclic) bond motifs is 1. The van der Waals surface area contributed by atoms with Crippen molar-refractivity contribution in [3.8, 4) is 0 Å². The van der Waals surface area contributed by atoms with Crippen LogP contribution >= 0.6 is 24.8 Å². The fraction of sp³-hybridized carbons (Fsp3) is 0.467. The Hall–Kier alpha value is -1.41. The number of morpholine rings is 1. The van der Waals surface area contributed by atoms with E-state index in [0.717, 1.165) is 16.9 Å². The van der Waals surface area contributed by atoms with Gasteiger partial charge in [0.15, 0.2) is 0 Å². The van der Waals surface area contributed by atoms with Crippen molar-refractivity contribution in [3.05, 3.63) is 29.8 Å². The summed E-state index contributed by atoms with van der Waals surface area (Å²) < 4.78 is 20.4. The summed E-state index contributed by atoms with van der Waals surface area (Å²) in [6, 6.07) is 4.24. The van der Waals surface area contributed by atoms with E-state index in [-0.39, 0.29) is 42.6 Å². The quantitative estimate of drug-likeness (QED) is 0.838. The molecule has 2 heterocycles. The molecule has 0 radical (unpaired) electrons. The first kappa shape index (κ1) is 20.6. The summed E-state index contributed by atoms with van der Waals surface area (Å²) >= 11 is 0. The van der Waals surface area contributed by atoms with E-state index in [4.69, 9.17) is 4.74 Å². The number of aryl methyl sites for hydroxylation is 1. The molecule has 1 aromatic heterocycles. The van der Waals surface area contributed by atoms with E-state index in [9.17, 15) is 9.18 Å². The Labute approximate surface area is 152 Å². The first-order valence-electron chi connectivity index (χ1n) is 7.35. The summed E-state index contributed by atoms with van der Waals surface area (Å²) in [4.78, 5) is 16.4. The molecule has 1 unspecified atom stereocenters. The average molecular weight is 379 g/mol.